The van der Waals surface area contributed by atoms with Gasteiger partial charge in [-0.1, -0.05) is 34.6 Å². The molecule has 7 heteroatoms. The number of carbonyl (C=O) groups excluding carboxylic acids is 2. The van der Waals surface area contributed by atoms with E-state index in [0.717, 1.165) is 0 Å². The fourth-order valence-corrected chi connectivity index (χ4v) is 4.29. The summed E-state index contributed by atoms with van der Waals surface area (Å²) in [6.45, 7) is 11.3. The van der Waals surface area contributed by atoms with Crippen molar-refractivity contribution in [3.63, 3.8) is 0 Å². The molecule has 164 valence electrons. The van der Waals surface area contributed by atoms with Gasteiger partial charge in [0.15, 0.2) is 0 Å². The van der Waals surface area contributed by atoms with Crippen molar-refractivity contribution in [2.75, 3.05) is 0 Å². The summed E-state index contributed by atoms with van der Waals surface area (Å²) in [5, 5.41) is 42.8. The molecular weight excluding hydrogens is 364 g/mol. The van der Waals surface area contributed by atoms with Crippen molar-refractivity contribution >= 4 is 11.8 Å². The van der Waals surface area contributed by atoms with Crippen LogP contribution < -0.4 is 0 Å². The van der Waals surface area contributed by atoms with Crippen LogP contribution in [0.15, 0.2) is 0 Å². The van der Waals surface area contributed by atoms with Gasteiger partial charge in [-0.05, 0) is 32.6 Å². The molecule has 0 amide bonds. The zero-order valence-electron chi connectivity index (χ0n) is 18.1. The lowest BCUT2D eigenvalue weighted by atomic mass is 9.76. The third-order valence-corrected chi connectivity index (χ3v) is 6.56. The molecule has 0 aliphatic carbocycles. The molecule has 0 unspecified atom stereocenters. The molecule has 1 fully saturated rings. The number of aliphatic hydroxyl groups is 4. The van der Waals surface area contributed by atoms with Crippen LogP contribution in [0.5, 0.6) is 0 Å². The molecule has 0 saturated carbocycles. The van der Waals surface area contributed by atoms with Crippen molar-refractivity contribution in [2.24, 2.45) is 29.6 Å². The predicted octanol–water partition coefficient (Wildman–Crippen LogP) is 1.30. The molecule has 0 aromatic carbocycles. The second-order valence-electron chi connectivity index (χ2n) is 8.94. The summed E-state index contributed by atoms with van der Waals surface area (Å²) in [4.78, 5) is 25.4. The van der Waals surface area contributed by atoms with Crippen LogP contribution in [-0.4, -0.2) is 62.2 Å². The number of aliphatic hydroxyl groups excluding tert-OH is 3. The van der Waals surface area contributed by atoms with E-state index >= 15 is 0 Å². The summed E-state index contributed by atoms with van der Waals surface area (Å²) < 4.78 is 5.43. The summed E-state index contributed by atoms with van der Waals surface area (Å²) >= 11 is 0. The van der Waals surface area contributed by atoms with E-state index in [1.54, 1.807) is 34.6 Å². The number of ether oxygens (including phenoxy) is 1. The molecule has 4 N–H and O–H groups in total. The number of esters is 1. The number of rotatable bonds is 1. The molecule has 0 bridgehead atoms. The van der Waals surface area contributed by atoms with Gasteiger partial charge in [0.25, 0.3) is 0 Å². The summed E-state index contributed by atoms with van der Waals surface area (Å²) in [5.74, 6) is -4.09. The third kappa shape index (κ3) is 5.12. The van der Waals surface area contributed by atoms with Crippen LogP contribution in [0.4, 0.5) is 0 Å². The topological polar surface area (TPSA) is 124 Å². The SMILES string of the molecule is CC[C@H]1OC(=O)[C@H](C)[C@@H](O)[C@H](C)[C@@H](O)[C@@H](C)C[C@@H](C)C(=O)[C@H](C)[C@@H](O)[C@]1(C)O. The van der Waals surface area contributed by atoms with Gasteiger partial charge >= 0.3 is 5.97 Å². The van der Waals surface area contributed by atoms with Gasteiger partial charge in [0.2, 0.25) is 0 Å². The van der Waals surface area contributed by atoms with Crippen LogP contribution in [0.3, 0.4) is 0 Å². The van der Waals surface area contributed by atoms with Gasteiger partial charge in [-0.25, -0.2) is 0 Å². The van der Waals surface area contributed by atoms with Crippen LogP contribution in [0.25, 0.3) is 0 Å². The summed E-state index contributed by atoms with van der Waals surface area (Å²) in [6, 6.07) is 0. The normalized spacial score (nSPS) is 47.3. The zero-order chi connectivity index (χ0) is 22.0. The number of ketones is 1. The number of cyclic esters (lactones) is 1. The average Bonchev–Trinajstić information content (AvgIpc) is 2.66. The van der Waals surface area contributed by atoms with Gasteiger partial charge in [-0.15, -0.1) is 0 Å². The Morgan fingerprint density at radius 3 is 2.04 bits per heavy atom. The Morgan fingerprint density at radius 2 is 1.54 bits per heavy atom. The molecule has 10 atom stereocenters. The zero-order valence-corrected chi connectivity index (χ0v) is 18.1. The Hall–Kier alpha value is -1.02. The quantitative estimate of drug-likeness (QED) is 0.487. The van der Waals surface area contributed by atoms with Gasteiger partial charge in [0, 0.05) is 17.8 Å². The van der Waals surface area contributed by atoms with Crippen molar-refractivity contribution in [1.29, 1.82) is 0 Å². The Labute approximate surface area is 168 Å². The van der Waals surface area contributed by atoms with Gasteiger partial charge in [0.05, 0.1) is 24.2 Å². The highest BCUT2D eigenvalue weighted by molar-refractivity contribution is 5.83. The molecule has 1 heterocycles. The van der Waals surface area contributed by atoms with Gasteiger partial charge in [-0.2, -0.15) is 0 Å². The molecule has 1 aliphatic heterocycles. The Kier molecular flexibility index (Phi) is 8.62. The highest BCUT2D eigenvalue weighted by atomic mass is 16.6. The third-order valence-electron chi connectivity index (χ3n) is 6.56. The molecule has 7 nitrogen and oxygen atoms in total. The summed E-state index contributed by atoms with van der Waals surface area (Å²) in [6.07, 6.45) is -3.94. The number of carbonyl (C=O) groups is 2. The standard InChI is InChI=1S/C21H38O7/c1-8-15-21(7,27)19(25)13(5)17(23)11(3)9-10(2)16(22)12(4)18(24)14(6)20(26)28-15/h10-16,18-19,22,24-25,27H,8-9H2,1-7H3/t10-,11+,12+,13-,14+,15+,16-,18-,19+,21+/m0/s1. The molecule has 0 aromatic heterocycles. The Bertz CT molecular complexity index is 547. The number of Topliss-reactive ketones (excluding diaryl/α,β-unsaturated/α-hetero) is 1. The van der Waals surface area contributed by atoms with Crippen molar-refractivity contribution in [3.8, 4) is 0 Å². The second kappa shape index (κ2) is 9.65. The molecule has 1 rings (SSSR count). The lowest BCUT2D eigenvalue weighted by molar-refractivity contribution is -0.193. The van der Waals surface area contributed by atoms with Crippen LogP contribution in [-0.2, 0) is 14.3 Å². The average molecular weight is 403 g/mol. The van der Waals surface area contributed by atoms with Gasteiger partial charge in [-0.3, -0.25) is 9.59 Å². The lowest BCUT2D eigenvalue weighted by Crippen LogP contribution is -2.56. The molecule has 28 heavy (non-hydrogen) atoms. The van der Waals surface area contributed by atoms with E-state index in [1.807, 2.05) is 0 Å². The van der Waals surface area contributed by atoms with E-state index in [-0.39, 0.29) is 18.1 Å². The first kappa shape index (κ1) is 25.0. The molecular formula is C21H38O7. The van der Waals surface area contributed by atoms with Crippen molar-refractivity contribution in [2.45, 2.75) is 91.3 Å². The minimum atomic E-state index is -1.83. The minimum Gasteiger partial charge on any atom is -0.459 e. The predicted molar refractivity (Wildman–Crippen MR) is 104 cm³/mol. The van der Waals surface area contributed by atoms with E-state index in [4.69, 9.17) is 4.74 Å². The maximum Gasteiger partial charge on any atom is 0.311 e. The van der Waals surface area contributed by atoms with Crippen molar-refractivity contribution < 1.29 is 34.8 Å². The molecule has 0 aromatic rings. The minimum absolute atomic E-state index is 0.226. The van der Waals surface area contributed by atoms with Crippen molar-refractivity contribution in [1.82, 2.24) is 0 Å². The Morgan fingerprint density at radius 1 is 1.00 bits per heavy atom. The number of hydrogen-bond acceptors (Lipinski definition) is 7. The highest BCUT2D eigenvalue weighted by Crippen LogP contribution is 2.32. The van der Waals surface area contributed by atoms with Crippen LogP contribution >= 0.6 is 0 Å². The van der Waals surface area contributed by atoms with E-state index in [0.29, 0.717) is 6.42 Å². The van der Waals surface area contributed by atoms with Crippen LogP contribution in [0.1, 0.15) is 61.3 Å². The number of hydrogen-bond donors (Lipinski definition) is 4. The monoisotopic (exact) mass is 402 g/mol. The molecule has 1 saturated heterocycles. The first-order valence-corrected chi connectivity index (χ1v) is 10.3. The summed E-state index contributed by atoms with van der Waals surface area (Å²) in [7, 11) is 0. The van der Waals surface area contributed by atoms with Crippen LogP contribution in [0, 0.1) is 29.6 Å². The fraction of sp³-hybridized carbons (Fsp3) is 0.905. The van der Waals surface area contributed by atoms with E-state index < -0.39 is 59.7 Å². The van der Waals surface area contributed by atoms with E-state index in [2.05, 4.69) is 0 Å². The molecule has 0 radical (unpaired) electrons. The Balaban J connectivity index is 3.33. The summed E-state index contributed by atoms with van der Waals surface area (Å²) in [5.41, 5.74) is -1.83. The first-order valence-electron chi connectivity index (χ1n) is 10.3. The second-order valence-corrected chi connectivity index (χ2v) is 8.94. The fourth-order valence-electron chi connectivity index (χ4n) is 4.29. The van der Waals surface area contributed by atoms with Gasteiger partial charge < -0.3 is 25.2 Å². The largest absolute Gasteiger partial charge is 0.459 e. The smallest absolute Gasteiger partial charge is 0.311 e. The maximum atomic E-state index is 12.8. The van der Waals surface area contributed by atoms with E-state index in [9.17, 15) is 30.0 Å². The first-order chi connectivity index (χ1) is 12.8. The molecule has 0 spiro atoms. The highest BCUT2D eigenvalue weighted by Gasteiger charge is 2.47. The van der Waals surface area contributed by atoms with Gasteiger partial charge in [0.1, 0.15) is 17.5 Å². The molecule has 1 aliphatic rings. The van der Waals surface area contributed by atoms with Crippen LogP contribution in [0.2, 0.25) is 0 Å². The maximum absolute atomic E-state index is 12.8. The van der Waals surface area contributed by atoms with E-state index in [1.165, 1.54) is 13.8 Å². The lowest BCUT2D eigenvalue weighted by Gasteiger charge is -2.40. The van der Waals surface area contributed by atoms with Crippen molar-refractivity contribution in [3.05, 3.63) is 0 Å².